The Morgan fingerprint density at radius 1 is 0.757 bits per heavy atom. The highest BCUT2D eigenvalue weighted by atomic mass is 16.5. The number of ether oxygens (including phenoxy) is 1. The average molecular weight is 509 g/mol. The van der Waals surface area contributed by atoms with E-state index in [4.69, 9.17) is 4.74 Å². The summed E-state index contributed by atoms with van der Waals surface area (Å²) in [4.78, 5) is 43.0. The van der Waals surface area contributed by atoms with Crippen LogP contribution in [0.4, 0.5) is 21.5 Å². The number of imidazole rings is 2. The van der Waals surface area contributed by atoms with E-state index >= 15 is 0 Å². The summed E-state index contributed by atoms with van der Waals surface area (Å²) in [5.41, 5.74) is 2.82. The highest BCUT2D eigenvalue weighted by molar-refractivity contribution is 5.91. The molecule has 4 aromatic rings. The summed E-state index contributed by atoms with van der Waals surface area (Å²) in [6.45, 7) is 2.53. The molecule has 0 saturated carbocycles. The van der Waals surface area contributed by atoms with E-state index in [-0.39, 0.29) is 12.1 Å². The molecule has 0 aliphatic carbocycles. The molecule has 0 aliphatic heterocycles. The monoisotopic (exact) mass is 508 g/mol. The van der Waals surface area contributed by atoms with E-state index in [9.17, 15) is 9.59 Å². The van der Waals surface area contributed by atoms with Crippen LogP contribution in [-0.2, 0) is 0 Å². The van der Waals surface area contributed by atoms with Gasteiger partial charge < -0.3 is 35.1 Å². The van der Waals surface area contributed by atoms with Gasteiger partial charge >= 0.3 is 12.1 Å². The van der Waals surface area contributed by atoms with Crippen molar-refractivity contribution in [1.29, 1.82) is 0 Å². The number of H-pyrrole nitrogens is 2. The molecule has 0 atom stereocenters. The molecule has 0 unspecified atom stereocenters. The van der Waals surface area contributed by atoms with Crippen LogP contribution in [0.25, 0.3) is 22.1 Å². The van der Waals surface area contributed by atoms with Crippen molar-refractivity contribution >= 4 is 46.0 Å². The molecule has 0 bridgehead atoms. The van der Waals surface area contributed by atoms with Crippen molar-refractivity contribution in [1.82, 2.24) is 40.4 Å². The van der Waals surface area contributed by atoms with Gasteiger partial charge in [-0.25, -0.2) is 19.6 Å². The lowest BCUT2D eigenvalue weighted by Gasteiger charge is -2.10. The Morgan fingerprint density at radius 3 is 1.59 bits per heavy atom. The van der Waals surface area contributed by atoms with Crippen molar-refractivity contribution in [3.05, 3.63) is 36.4 Å². The zero-order valence-corrected chi connectivity index (χ0v) is 21.3. The van der Waals surface area contributed by atoms with Gasteiger partial charge in [-0.15, -0.1) is 0 Å². The van der Waals surface area contributed by atoms with Crippen LogP contribution in [0, 0.1) is 0 Å². The summed E-state index contributed by atoms with van der Waals surface area (Å²) in [5.74, 6) is 1.88. The number of hydrogen-bond donors (Lipinski definition) is 6. The number of hydrogen-bond acceptors (Lipinski definition) is 7. The first-order valence-electron chi connectivity index (χ1n) is 11.8. The van der Waals surface area contributed by atoms with E-state index in [2.05, 4.69) is 41.2 Å². The van der Waals surface area contributed by atoms with Crippen molar-refractivity contribution in [2.75, 3.05) is 65.0 Å². The van der Waals surface area contributed by atoms with Crippen LogP contribution in [0.5, 0.6) is 11.5 Å². The van der Waals surface area contributed by atoms with Gasteiger partial charge in [0.25, 0.3) is 0 Å². The topological polar surface area (TPSA) is 155 Å². The number of urea groups is 2. The molecular weight excluding hydrogens is 476 g/mol. The molecule has 4 rings (SSSR count). The molecule has 0 radical (unpaired) electrons. The standard InChI is InChI=1S/C24H32N10O3/c1-33(2)11-9-25-23(35)31-21-27-17-7-5-15(13-19(17)29-21)37-16-6-8-18-20(14-16)30-22(28-18)32-24(36)26-10-12-34(3)4/h5-8,13-14H,9-12H2,1-4H3,(H3,25,27,29,31,35)(H3,26,28,30,32,36). The van der Waals surface area contributed by atoms with Gasteiger partial charge in [-0.2, -0.15) is 0 Å². The maximum atomic E-state index is 12.1. The van der Waals surface area contributed by atoms with Crippen molar-refractivity contribution in [3.8, 4) is 11.5 Å². The molecule has 4 amide bonds. The van der Waals surface area contributed by atoms with Crippen LogP contribution >= 0.6 is 0 Å². The van der Waals surface area contributed by atoms with Crippen LogP contribution in [0.3, 0.4) is 0 Å². The van der Waals surface area contributed by atoms with Gasteiger partial charge in [-0.1, -0.05) is 0 Å². The van der Waals surface area contributed by atoms with Crippen molar-refractivity contribution in [2.24, 2.45) is 0 Å². The molecule has 0 spiro atoms. The molecule has 13 heteroatoms. The second-order valence-electron chi connectivity index (χ2n) is 9.00. The number of aromatic nitrogens is 4. The highest BCUT2D eigenvalue weighted by Crippen LogP contribution is 2.28. The largest absolute Gasteiger partial charge is 0.457 e. The van der Waals surface area contributed by atoms with Gasteiger partial charge in [0, 0.05) is 38.3 Å². The predicted molar refractivity (Wildman–Crippen MR) is 143 cm³/mol. The Kier molecular flexibility index (Phi) is 8.05. The van der Waals surface area contributed by atoms with Crippen molar-refractivity contribution < 1.29 is 14.3 Å². The number of anilines is 2. The molecule has 0 saturated heterocycles. The lowest BCUT2D eigenvalue weighted by Crippen LogP contribution is -2.34. The molecule has 0 fully saturated rings. The first-order chi connectivity index (χ1) is 17.7. The Morgan fingerprint density at radius 2 is 1.19 bits per heavy atom. The third kappa shape index (κ3) is 7.32. The fraction of sp³-hybridized carbons (Fsp3) is 0.333. The summed E-state index contributed by atoms with van der Waals surface area (Å²) >= 11 is 0. The van der Waals surface area contributed by atoms with Gasteiger partial charge in [-0.3, -0.25) is 10.6 Å². The molecular formula is C24H32N10O3. The lowest BCUT2D eigenvalue weighted by molar-refractivity contribution is 0.249. The average Bonchev–Trinajstić information content (AvgIpc) is 3.40. The number of aromatic amines is 2. The maximum Gasteiger partial charge on any atom is 0.321 e. The number of fused-ring (bicyclic) bond motifs is 2. The van der Waals surface area contributed by atoms with Gasteiger partial charge in [0.1, 0.15) is 11.5 Å². The molecule has 196 valence electrons. The van der Waals surface area contributed by atoms with Crippen LogP contribution in [0.15, 0.2) is 36.4 Å². The number of benzene rings is 2. The Balaban J connectivity index is 1.37. The minimum absolute atomic E-state index is 0.329. The highest BCUT2D eigenvalue weighted by Gasteiger charge is 2.10. The first-order valence-corrected chi connectivity index (χ1v) is 11.8. The third-order valence-corrected chi connectivity index (χ3v) is 5.30. The third-order valence-electron chi connectivity index (χ3n) is 5.30. The zero-order chi connectivity index (χ0) is 26.4. The smallest absolute Gasteiger partial charge is 0.321 e. The van der Waals surface area contributed by atoms with E-state index in [0.717, 1.165) is 24.1 Å². The van der Waals surface area contributed by atoms with Crippen LogP contribution in [-0.4, -0.2) is 96.2 Å². The number of nitrogens with one attached hydrogen (secondary N) is 6. The Hall–Kier alpha value is -4.36. The van der Waals surface area contributed by atoms with Gasteiger partial charge in [-0.05, 0) is 52.5 Å². The van der Waals surface area contributed by atoms with Crippen LogP contribution < -0.4 is 26.0 Å². The number of carbonyl (C=O) groups is 2. The normalized spacial score (nSPS) is 11.3. The fourth-order valence-electron chi connectivity index (χ4n) is 3.45. The van der Waals surface area contributed by atoms with Crippen LogP contribution in [0.2, 0.25) is 0 Å². The second-order valence-corrected chi connectivity index (χ2v) is 9.00. The predicted octanol–water partition coefficient (Wildman–Crippen LogP) is 2.60. The number of amides is 4. The Labute approximate surface area is 214 Å². The van der Waals surface area contributed by atoms with Gasteiger partial charge in [0.2, 0.25) is 11.9 Å². The molecule has 37 heavy (non-hydrogen) atoms. The minimum Gasteiger partial charge on any atom is -0.457 e. The molecule has 2 aromatic carbocycles. The second kappa shape index (κ2) is 11.6. The molecule has 2 aromatic heterocycles. The molecule has 6 N–H and O–H groups in total. The SMILES string of the molecule is CN(C)CCNC(=O)Nc1nc2ccc(Oc3ccc4nc(NC(=O)NCCN(C)C)[nH]c4c3)cc2[nH]1. The fourth-order valence-corrected chi connectivity index (χ4v) is 3.45. The summed E-state index contributed by atoms with van der Waals surface area (Å²) in [6.07, 6.45) is 0. The van der Waals surface area contributed by atoms with E-state index < -0.39 is 0 Å². The van der Waals surface area contributed by atoms with E-state index in [0.29, 0.717) is 47.5 Å². The molecule has 2 heterocycles. The number of nitrogens with zero attached hydrogens (tertiary/aromatic N) is 4. The van der Waals surface area contributed by atoms with Gasteiger partial charge in [0.05, 0.1) is 22.1 Å². The number of carbonyl (C=O) groups excluding carboxylic acids is 2. The summed E-state index contributed by atoms with van der Waals surface area (Å²) in [6, 6.07) is 10.2. The lowest BCUT2D eigenvalue weighted by atomic mass is 10.3. The van der Waals surface area contributed by atoms with Gasteiger partial charge in [0.15, 0.2) is 0 Å². The van der Waals surface area contributed by atoms with E-state index in [1.807, 2.05) is 50.1 Å². The van der Waals surface area contributed by atoms with Crippen molar-refractivity contribution in [2.45, 2.75) is 0 Å². The summed E-state index contributed by atoms with van der Waals surface area (Å²) < 4.78 is 6.02. The summed E-state index contributed by atoms with van der Waals surface area (Å²) in [7, 11) is 7.76. The van der Waals surface area contributed by atoms with Crippen LogP contribution in [0.1, 0.15) is 0 Å². The Bertz CT molecular complexity index is 1270. The maximum absolute atomic E-state index is 12.1. The molecule has 13 nitrogen and oxygen atoms in total. The summed E-state index contributed by atoms with van der Waals surface area (Å²) in [5, 5.41) is 11.0. The molecule has 0 aliphatic rings. The number of likely N-dealkylation sites (N-methyl/N-ethyl adjacent to an activating group) is 2. The number of rotatable bonds is 10. The van der Waals surface area contributed by atoms with E-state index in [1.54, 1.807) is 24.3 Å². The zero-order valence-electron chi connectivity index (χ0n) is 21.3. The minimum atomic E-state index is -0.329. The van der Waals surface area contributed by atoms with E-state index in [1.165, 1.54) is 0 Å². The first kappa shape index (κ1) is 25.7. The van der Waals surface area contributed by atoms with Crippen molar-refractivity contribution in [3.63, 3.8) is 0 Å². The quantitative estimate of drug-likeness (QED) is 0.192.